The molecule has 0 aliphatic rings. The van der Waals surface area contributed by atoms with Crippen LogP contribution in [0.4, 0.5) is 5.69 Å². The molecule has 0 aromatic carbocycles. The van der Waals surface area contributed by atoms with Gasteiger partial charge in [0, 0.05) is 12.4 Å². The summed E-state index contributed by atoms with van der Waals surface area (Å²) in [5.41, 5.74) is 0.809. The zero-order valence-electron chi connectivity index (χ0n) is 9.53. The molecule has 5 nitrogen and oxygen atoms in total. The SMILES string of the molecule is Cc1cnc(Cl)c(NC(=O)c2ccc[nH]c2=O)c1. The van der Waals surface area contributed by atoms with Crippen LogP contribution in [0.2, 0.25) is 5.15 Å². The number of halogens is 1. The summed E-state index contributed by atoms with van der Waals surface area (Å²) in [6, 6.07) is 4.70. The second kappa shape index (κ2) is 5.01. The topological polar surface area (TPSA) is 74.8 Å². The number of hydrogen-bond acceptors (Lipinski definition) is 3. The van der Waals surface area contributed by atoms with E-state index in [-0.39, 0.29) is 10.7 Å². The Balaban J connectivity index is 2.30. The standard InChI is InChI=1S/C12H10ClN3O2/c1-7-5-9(10(13)15-6-7)16-12(18)8-3-2-4-14-11(8)17/h2-6H,1H3,(H,14,17)(H,16,18). The number of H-pyrrole nitrogens is 1. The highest BCUT2D eigenvalue weighted by Crippen LogP contribution is 2.20. The number of aromatic amines is 1. The molecule has 18 heavy (non-hydrogen) atoms. The molecule has 0 atom stereocenters. The van der Waals surface area contributed by atoms with Gasteiger partial charge >= 0.3 is 0 Å². The fourth-order valence-electron chi connectivity index (χ4n) is 1.43. The van der Waals surface area contributed by atoms with Crippen LogP contribution in [-0.2, 0) is 0 Å². The third-order valence-electron chi connectivity index (χ3n) is 2.29. The summed E-state index contributed by atoms with van der Waals surface area (Å²) in [7, 11) is 0. The summed E-state index contributed by atoms with van der Waals surface area (Å²) >= 11 is 5.86. The van der Waals surface area contributed by atoms with Crippen LogP contribution < -0.4 is 10.9 Å². The van der Waals surface area contributed by atoms with Gasteiger partial charge in [-0.25, -0.2) is 4.98 Å². The second-order valence-electron chi connectivity index (χ2n) is 3.72. The summed E-state index contributed by atoms with van der Waals surface area (Å²) < 4.78 is 0. The van der Waals surface area contributed by atoms with E-state index in [4.69, 9.17) is 11.6 Å². The predicted octanol–water partition coefficient (Wildman–Crippen LogP) is 1.98. The maximum absolute atomic E-state index is 11.9. The molecule has 0 aliphatic carbocycles. The van der Waals surface area contributed by atoms with E-state index >= 15 is 0 Å². The van der Waals surface area contributed by atoms with Crippen LogP contribution >= 0.6 is 11.6 Å². The van der Waals surface area contributed by atoms with Crippen molar-refractivity contribution in [2.24, 2.45) is 0 Å². The molecule has 0 aliphatic heterocycles. The highest BCUT2D eigenvalue weighted by atomic mass is 35.5. The van der Waals surface area contributed by atoms with Gasteiger partial charge in [-0.15, -0.1) is 0 Å². The molecule has 1 amide bonds. The van der Waals surface area contributed by atoms with Crippen LogP contribution in [-0.4, -0.2) is 15.9 Å². The molecule has 2 aromatic rings. The first-order chi connectivity index (χ1) is 8.58. The maximum Gasteiger partial charge on any atom is 0.261 e. The van der Waals surface area contributed by atoms with Gasteiger partial charge < -0.3 is 10.3 Å². The van der Waals surface area contributed by atoms with Gasteiger partial charge in [-0.1, -0.05) is 11.6 Å². The number of carbonyl (C=O) groups excluding carboxylic acids is 1. The lowest BCUT2D eigenvalue weighted by atomic mass is 10.2. The molecular weight excluding hydrogens is 254 g/mol. The van der Waals surface area contributed by atoms with Crippen LogP contribution in [0, 0.1) is 6.92 Å². The summed E-state index contributed by atoms with van der Waals surface area (Å²) in [5.74, 6) is -0.522. The van der Waals surface area contributed by atoms with Gasteiger partial charge in [-0.05, 0) is 30.7 Å². The van der Waals surface area contributed by atoms with Crippen molar-refractivity contribution in [3.8, 4) is 0 Å². The molecule has 0 unspecified atom stereocenters. The third-order valence-corrected chi connectivity index (χ3v) is 2.59. The number of pyridine rings is 2. The number of nitrogens with one attached hydrogen (secondary N) is 2. The molecule has 0 radical (unpaired) electrons. The number of carbonyl (C=O) groups is 1. The van der Waals surface area contributed by atoms with Crippen molar-refractivity contribution in [1.82, 2.24) is 9.97 Å². The van der Waals surface area contributed by atoms with Gasteiger partial charge in [0.05, 0.1) is 5.69 Å². The minimum absolute atomic E-state index is 0.0232. The molecule has 92 valence electrons. The largest absolute Gasteiger partial charge is 0.328 e. The normalized spacial score (nSPS) is 10.1. The highest BCUT2D eigenvalue weighted by Gasteiger charge is 2.12. The van der Waals surface area contributed by atoms with Crippen molar-refractivity contribution >= 4 is 23.2 Å². The van der Waals surface area contributed by atoms with Crippen molar-refractivity contribution in [1.29, 1.82) is 0 Å². The first kappa shape index (κ1) is 12.3. The number of hydrogen-bond donors (Lipinski definition) is 2. The molecule has 0 bridgehead atoms. The first-order valence-electron chi connectivity index (χ1n) is 5.19. The van der Waals surface area contributed by atoms with E-state index in [1.54, 1.807) is 18.3 Å². The van der Waals surface area contributed by atoms with Gasteiger partial charge in [-0.3, -0.25) is 9.59 Å². The lowest BCUT2D eigenvalue weighted by Gasteiger charge is -2.06. The Hall–Kier alpha value is -2.14. The van der Waals surface area contributed by atoms with Gasteiger partial charge in [0.1, 0.15) is 5.56 Å². The van der Waals surface area contributed by atoms with Crippen LogP contribution in [0.3, 0.4) is 0 Å². The summed E-state index contributed by atoms with van der Waals surface area (Å²) in [6.45, 7) is 1.83. The van der Waals surface area contributed by atoms with Crippen LogP contribution in [0.1, 0.15) is 15.9 Å². The molecule has 0 spiro atoms. The molecule has 2 heterocycles. The molecule has 6 heteroatoms. The van der Waals surface area contributed by atoms with Crippen molar-refractivity contribution in [3.63, 3.8) is 0 Å². The Morgan fingerprint density at radius 1 is 1.50 bits per heavy atom. The van der Waals surface area contributed by atoms with E-state index in [2.05, 4.69) is 15.3 Å². The lowest BCUT2D eigenvalue weighted by molar-refractivity contribution is 0.102. The fraction of sp³-hybridized carbons (Fsp3) is 0.0833. The number of nitrogens with zero attached hydrogens (tertiary/aromatic N) is 1. The minimum atomic E-state index is -0.522. The van der Waals surface area contributed by atoms with Crippen molar-refractivity contribution in [3.05, 3.63) is 57.2 Å². The predicted molar refractivity (Wildman–Crippen MR) is 69.0 cm³/mol. The Morgan fingerprint density at radius 3 is 3.00 bits per heavy atom. The number of aromatic nitrogens is 2. The van der Waals surface area contributed by atoms with E-state index < -0.39 is 11.5 Å². The number of amides is 1. The summed E-state index contributed by atoms with van der Waals surface area (Å²) in [6.07, 6.45) is 3.05. The van der Waals surface area contributed by atoms with Crippen LogP contribution in [0.5, 0.6) is 0 Å². The zero-order chi connectivity index (χ0) is 13.1. The third kappa shape index (κ3) is 2.57. The Kier molecular flexibility index (Phi) is 3.43. The highest BCUT2D eigenvalue weighted by molar-refractivity contribution is 6.32. The number of anilines is 1. The van der Waals surface area contributed by atoms with E-state index in [0.717, 1.165) is 5.56 Å². The second-order valence-corrected chi connectivity index (χ2v) is 4.08. The van der Waals surface area contributed by atoms with E-state index in [0.29, 0.717) is 5.69 Å². The quantitative estimate of drug-likeness (QED) is 0.814. The molecular formula is C12H10ClN3O2. The molecule has 0 saturated carbocycles. The minimum Gasteiger partial charge on any atom is -0.328 e. The van der Waals surface area contributed by atoms with Crippen molar-refractivity contribution < 1.29 is 4.79 Å². The van der Waals surface area contributed by atoms with Crippen molar-refractivity contribution in [2.45, 2.75) is 6.92 Å². The van der Waals surface area contributed by atoms with E-state index in [9.17, 15) is 9.59 Å². The molecule has 2 rings (SSSR count). The first-order valence-corrected chi connectivity index (χ1v) is 5.57. The van der Waals surface area contributed by atoms with Gasteiger partial charge in [0.2, 0.25) is 0 Å². The molecule has 2 aromatic heterocycles. The van der Waals surface area contributed by atoms with Gasteiger partial charge in [-0.2, -0.15) is 0 Å². The Labute approximate surface area is 108 Å². The van der Waals surface area contributed by atoms with Crippen LogP contribution in [0.25, 0.3) is 0 Å². The monoisotopic (exact) mass is 263 g/mol. The zero-order valence-corrected chi connectivity index (χ0v) is 10.3. The average molecular weight is 264 g/mol. The van der Waals surface area contributed by atoms with Crippen LogP contribution in [0.15, 0.2) is 35.4 Å². The molecule has 0 fully saturated rings. The molecule has 0 saturated heterocycles. The van der Waals surface area contributed by atoms with E-state index in [1.807, 2.05) is 6.92 Å². The lowest BCUT2D eigenvalue weighted by Crippen LogP contribution is -2.22. The number of aryl methyl sites for hydroxylation is 1. The summed E-state index contributed by atoms with van der Waals surface area (Å²) in [5, 5.41) is 2.74. The molecule has 2 N–H and O–H groups in total. The van der Waals surface area contributed by atoms with Gasteiger partial charge in [0.25, 0.3) is 11.5 Å². The van der Waals surface area contributed by atoms with Gasteiger partial charge in [0.15, 0.2) is 5.15 Å². The summed E-state index contributed by atoms with van der Waals surface area (Å²) in [4.78, 5) is 29.7. The Morgan fingerprint density at radius 2 is 2.28 bits per heavy atom. The fourth-order valence-corrected chi connectivity index (χ4v) is 1.58. The average Bonchev–Trinajstić information content (AvgIpc) is 2.34. The Bertz CT molecular complexity index is 652. The maximum atomic E-state index is 11.9. The smallest absolute Gasteiger partial charge is 0.261 e. The van der Waals surface area contributed by atoms with E-state index in [1.165, 1.54) is 12.3 Å². The van der Waals surface area contributed by atoms with Crippen molar-refractivity contribution in [2.75, 3.05) is 5.32 Å². The number of rotatable bonds is 2.